The molecule has 2 amide bonds. The number of benzene rings is 1. The van der Waals surface area contributed by atoms with Crippen molar-refractivity contribution >= 4 is 39.2 Å². The lowest BCUT2D eigenvalue weighted by atomic mass is 10.0. The number of amides is 2. The number of fused-ring (bicyclic) bond motifs is 1. The van der Waals surface area contributed by atoms with Gasteiger partial charge in [0, 0.05) is 50.8 Å². The number of piperazine rings is 1. The number of H-pyrrole nitrogens is 1. The summed E-state index contributed by atoms with van der Waals surface area (Å²) in [5, 5.41) is 5.42. The highest BCUT2D eigenvalue weighted by Gasteiger charge is 2.34. The molecule has 1 aliphatic rings. The zero-order valence-electron chi connectivity index (χ0n) is 20.7. The van der Waals surface area contributed by atoms with Crippen molar-refractivity contribution in [2.45, 2.75) is 12.7 Å². The van der Waals surface area contributed by atoms with E-state index in [1.165, 1.54) is 24.5 Å². The van der Waals surface area contributed by atoms with E-state index in [0.717, 1.165) is 30.5 Å². The summed E-state index contributed by atoms with van der Waals surface area (Å²) >= 11 is 1.04. The number of nitrogens with one attached hydrogen (secondary N) is 3. The monoisotopic (exact) mass is 557 g/mol. The molecule has 5 rings (SSSR count). The topological polar surface area (TPSA) is 89.2 Å². The number of hydrogen-bond donors (Lipinski definition) is 3. The summed E-state index contributed by atoms with van der Waals surface area (Å²) in [5.41, 5.74) is -0.102. The predicted octanol–water partition coefficient (Wildman–Crippen LogP) is 4.97. The Bertz CT molecular complexity index is 1560. The Morgan fingerprint density at radius 2 is 1.90 bits per heavy atom. The first kappa shape index (κ1) is 26.6. The molecule has 8 nitrogen and oxygen atoms in total. The molecule has 1 aromatic carbocycles. The smallest absolute Gasteiger partial charge is 0.346 e. The molecule has 0 saturated carbocycles. The van der Waals surface area contributed by atoms with Crippen molar-refractivity contribution in [3.63, 3.8) is 0 Å². The number of carbonyl (C=O) groups excluding carboxylic acids is 1. The van der Waals surface area contributed by atoms with Gasteiger partial charge in [0.25, 0.3) is 0 Å². The first-order valence-electron chi connectivity index (χ1n) is 11.9. The summed E-state index contributed by atoms with van der Waals surface area (Å²) in [5.74, 6) is 4.99. The van der Waals surface area contributed by atoms with Crippen LogP contribution in [-0.2, 0) is 12.7 Å². The van der Waals surface area contributed by atoms with Crippen molar-refractivity contribution < 1.29 is 22.4 Å². The number of thiazole rings is 1. The molecular formula is C26H23F4N7OS. The normalized spacial score (nSPS) is 14.7. The van der Waals surface area contributed by atoms with Gasteiger partial charge in [-0.3, -0.25) is 10.2 Å². The summed E-state index contributed by atoms with van der Waals surface area (Å²) in [6.45, 7) is 3.14. The molecule has 3 aromatic heterocycles. The van der Waals surface area contributed by atoms with Crippen LogP contribution in [0.1, 0.15) is 21.6 Å². The highest BCUT2D eigenvalue weighted by Crippen LogP contribution is 2.34. The van der Waals surface area contributed by atoms with Crippen molar-refractivity contribution in [1.29, 1.82) is 0 Å². The molecule has 1 saturated heterocycles. The van der Waals surface area contributed by atoms with Gasteiger partial charge in [0.2, 0.25) is 0 Å². The molecule has 1 aliphatic heterocycles. The molecule has 3 N–H and O–H groups in total. The average molecular weight is 558 g/mol. The van der Waals surface area contributed by atoms with Gasteiger partial charge >= 0.3 is 12.2 Å². The maximum absolute atomic E-state index is 14.5. The SMILES string of the molecule is CN1CCN(Cc2ccc(NC(=O)Nc3ncc(C#Cc4cnc5[nH]ccc5c4F)s3)cc2C(F)(F)F)CC1. The maximum atomic E-state index is 14.5. The van der Waals surface area contributed by atoms with Crippen LogP contribution < -0.4 is 10.6 Å². The van der Waals surface area contributed by atoms with Gasteiger partial charge < -0.3 is 15.2 Å². The summed E-state index contributed by atoms with van der Waals surface area (Å²) in [6.07, 6.45) is -0.264. The summed E-state index contributed by atoms with van der Waals surface area (Å²) in [7, 11) is 1.98. The van der Waals surface area contributed by atoms with Crippen LogP contribution >= 0.6 is 11.3 Å². The molecule has 13 heteroatoms. The van der Waals surface area contributed by atoms with E-state index in [1.807, 2.05) is 11.9 Å². The van der Waals surface area contributed by atoms with Crippen molar-refractivity contribution in [1.82, 2.24) is 24.8 Å². The van der Waals surface area contributed by atoms with E-state index in [2.05, 4.69) is 42.3 Å². The first-order chi connectivity index (χ1) is 18.7. The third kappa shape index (κ3) is 6.36. The average Bonchev–Trinajstić information content (AvgIpc) is 3.55. The number of likely N-dealkylation sites (N-methyl/N-ethyl adjacent to an activating group) is 1. The Morgan fingerprint density at radius 1 is 1.10 bits per heavy atom. The van der Waals surface area contributed by atoms with E-state index in [9.17, 15) is 22.4 Å². The van der Waals surface area contributed by atoms with Gasteiger partial charge in [0.05, 0.1) is 27.6 Å². The van der Waals surface area contributed by atoms with E-state index in [-0.39, 0.29) is 28.5 Å². The number of carbonyl (C=O) groups is 1. The van der Waals surface area contributed by atoms with Crippen LogP contribution in [0.3, 0.4) is 0 Å². The van der Waals surface area contributed by atoms with Crippen molar-refractivity contribution in [3.8, 4) is 11.8 Å². The van der Waals surface area contributed by atoms with Gasteiger partial charge in [-0.1, -0.05) is 23.3 Å². The largest absolute Gasteiger partial charge is 0.416 e. The molecule has 0 spiro atoms. The minimum absolute atomic E-state index is 0.00153. The third-order valence-electron chi connectivity index (χ3n) is 6.23. The molecule has 0 bridgehead atoms. The third-order valence-corrected chi connectivity index (χ3v) is 7.06. The number of hydrogen-bond acceptors (Lipinski definition) is 6. The van der Waals surface area contributed by atoms with Gasteiger partial charge in [-0.05, 0) is 36.7 Å². The number of nitrogens with zero attached hydrogens (tertiary/aromatic N) is 4. The Balaban J connectivity index is 1.24. The van der Waals surface area contributed by atoms with Crippen LogP contribution in [0.4, 0.5) is 33.2 Å². The molecule has 39 heavy (non-hydrogen) atoms. The molecule has 202 valence electrons. The summed E-state index contributed by atoms with van der Waals surface area (Å²) in [4.78, 5) is 28.0. The lowest BCUT2D eigenvalue weighted by molar-refractivity contribution is -0.138. The van der Waals surface area contributed by atoms with Crippen molar-refractivity contribution in [2.24, 2.45) is 0 Å². The van der Waals surface area contributed by atoms with E-state index < -0.39 is 23.6 Å². The predicted molar refractivity (Wildman–Crippen MR) is 141 cm³/mol. The fourth-order valence-corrected chi connectivity index (χ4v) is 4.81. The minimum atomic E-state index is -4.57. The highest BCUT2D eigenvalue weighted by atomic mass is 32.1. The van der Waals surface area contributed by atoms with E-state index in [0.29, 0.717) is 29.0 Å². The fraction of sp³-hybridized carbons (Fsp3) is 0.269. The van der Waals surface area contributed by atoms with Crippen molar-refractivity contribution in [2.75, 3.05) is 43.9 Å². The van der Waals surface area contributed by atoms with Gasteiger partial charge in [0.15, 0.2) is 10.9 Å². The van der Waals surface area contributed by atoms with E-state index >= 15 is 0 Å². The van der Waals surface area contributed by atoms with E-state index in [4.69, 9.17) is 0 Å². The quantitative estimate of drug-likeness (QED) is 0.244. The summed E-state index contributed by atoms with van der Waals surface area (Å²) < 4.78 is 56.0. The van der Waals surface area contributed by atoms with Gasteiger partial charge in [-0.2, -0.15) is 13.2 Å². The number of urea groups is 1. The molecule has 4 heterocycles. The van der Waals surface area contributed by atoms with Gasteiger partial charge in [-0.15, -0.1) is 0 Å². The molecular weight excluding hydrogens is 534 g/mol. The maximum Gasteiger partial charge on any atom is 0.416 e. The Hall–Kier alpha value is -3.99. The van der Waals surface area contributed by atoms with Crippen molar-refractivity contribution in [3.05, 3.63) is 70.2 Å². The molecule has 0 atom stereocenters. The van der Waals surface area contributed by atoms with Gasteiger partial charge in [0.1, 0.15) is 5.65 Å². The van der Waals surface area contributed by atoms with Gasteiger partial charge in [-0.25, -0.2) is 19.2 Å². The van der Waals surface area contributed by atoms with Crippen LogP contribution in [0, 0.1) is 17.7 Å². The molecule has 4 aromatic rings. The second-order valence-electron chi connectivity index (χ2n) is 9.03. The Labute approximate surface area is 225 Å². The molecule has 0 radical (unpaired) electrons. The van der Waals surface area contributed by atoms with Crippen LogP contribution in [0.5, 0.6) is 0 Å². The number of rotatable bonds is 4. The van der Waals surface area contributed by atoms with E-state index in [1.54, 1.807) is 12.3 Å². The number of alkyl halides is 3. The van der Waals surface area contributed by atoms with Crippen LogP contribution in [0.15, 0.2) is 42.9 Å². The van der Waals surface area contributed by atoms with Crippen LogP contribution in [-0.4, -0.2) is 64.0 Å². The summed E-state index contributed by atoms with van der Waals surface area (Å²) in [6, 6.07) is 4.59. The molecule has 0 unspecified atom stereocenters. The minimum Gasteiger partial charge on any atom is -0.346 e. The molecule has 0 aliphatic carbocycles. The second kappa shape index (κ2) is 11.0. The lowest BCUT2D eigenvalue weighted by Crippen LogP contribution is -2.44. The zero-order valence-corrected chi connectivity index (χ0v) is 21.5. The Morgan fingerprint density at radius 3 is 2.67 bits per heavy atom. The number of pyridine rings is 1. The molecule has 1 fully saturated rings. The zero-order chi connectivity index (χ0) is 27.6. The Kier molecular flexibility index (Phi) is 7.51. The second-order valence-corrected chi connectivity index (χ2v) is 10.1. The lowest BCUT2D eigenvalue weighted by Gasteiger charge is -2.33. The first-order valence-corrected chi connectivity index (χ1v) is 12.8. The number of aromatic nitrogens is 3. The number of halogens is 4. The van der Waals surface area contributed by atoms with Crippen LogP contribution in [0.2, 0.25) is 0 Å². The standard InChI is InChI=1S/C26H23F4N7OS/c1-36-8-10-37(11-9-36)15-17-2-4-18(12-21(17)26(28,29)30)34-24(38)35-25-33-14-19(39-25)5-3-16-13-32-23-20(22(16)27)6-7-31-23/h2,4,6-7,12-14H,8-11,15H2,1H3,(H,31,32)(H2,33,34,35,38). The fourth-order valence-electron chi connectivity index (χ4n) is 4.14. The number of anilines is 2. The number of aromatic amines is 1. The highest BCUT2D eigenvalue weighted by molar-refractivity contribution is 7.16. The van der Waals surface area contributed by atoms with Crippen LogP contribution in [0.25, 0.3) is 11.0 Å².